The third-order valence-corrected chi connectivity index (χ3v) is 4.86. The Morgan fingerprint density at radius 2 is 1.81 bits per heavy atom. The van der Waals surface area contributed by atoms with E-state index >= 15 is 0 Å². The normalized spacial score (nSPS) is 12.1. The van der Waals surface area contributed by atoms with E-state index < -0.39 is 24.3 Å². The van der Waals surface area contributed by atoms with Crippen LogP contribution in [0, 0.1) is 6.92 Å². The van der Waals surface area contributed by atoms with Gasteiger partial charge in [0.1, 0.15) is 6.10 Å². The fourth-order valence-electron chi connectivity index (χ4n) is 3.04. The van der Waals surface area contributed by atoms with Crippen LogP contribution in [0.5, 0.6) is 0 Å². The molecule has 3 rings (SSSR count). The van der Waals surface area contributed by atoms with Crippen molar-refractivity contribution < 1.29 is 24.5 Å². The molecule has 0 aliphatic rings. The fourth-order valence-corrected chi connectivity index (χ4v) is 3.04. The summed E-state index contributed by atoms with van der Waals surface area (Å²) in [5.74, 6) is -0.891. The monoisotopic (exact) mass is 436 g/mol. The minimum Gasteiger partial charge on any atom is -0.478 e. The highest BCUT2D eigenvalue weighted by Gasteiger charge is 2.17. The summed E-state index contributed by atoms with van der Waals surface area (Å²) in [5.41, 5.74) is 9.31. The third kappa shape index (κ3) is 7.85. The van der Waals surface area contributed by atoms with E-state index in [1.165, 1.54) is 0 Å². The Morgan fingerprint density at radius 3 is 2.41 bits per heavy atom. The van der Waals surface area contributed by atoms with Gasteiger partial charge in [-0.2, -0.15) is 0 Å². The van der Waals surface area contributed by atoms with E-state index in [4.69, 9.17) is 10.8 Å². The number of hydrogen-bond donors (Lipinski definition) is 3. The second-order valence-electron chi connectivity index (χ2n) is 7.31. The largest absolute Gasteiger partial charge is 0.478 e. The Kier molecular flexibility index (Phi) is 9.38. The fraction of sp³-hybridized carbons (Fsp3) is 0.240. The van der Waals surface area contributed by atoms with Crippen molar-refractivity contribution in [2.45, 2.75) is 38.9 Å². The van der Waals surface area contributed by atoms with E-state index in [0.29, 0.717) is 18.4 Å². The first-order valence-electron chi connectivity index (χ1n) is 10.2. The number of carboxylic acid groups (broad SMARTS) is 1. The molecule has 7 heteroatoms. The van der Waals surface area contributed by atoms with Gasteiger partial charge >= 0.3 is 12.1 Å². The van der Waals surface area contributed by atoms with E-state index in [0.717, 1.165) is 22.3 Å². The number of aryl methyl sites for hydroxylation is 2. The van der Waals surface area contributed by atoms with Crippen molar-refractivity contribution in [3.8, 4) is 11.1 Å². The Labute approximate surface area is 187 Å². The highest BCUT2D eigenvalue weighted by molar-refractivity contribution is 5.89. The van der Waals surface area contributed by atoms with E-state index in [-0.39, 0.29) is 0 Å². The summed E-state index contributed by atoms with van der Waals surface area (Å²) in [4.78, 5) is 25.3. The zero-order valence-corrected chi connectivity index (χ0v) is 18.1. The molecule has 168 valence electrons. The van der Waals surface area contributed by atoms with Crippen LogP contribution in [0.25, 0.3) is 11.1 Å². The number of carbonyl (C=O) groups excluding carboxylic acids is 1. The number of amides is 1. The van der Waals surface area contributed by atoms with Crippen LogP contribution < -0.4 is 5.73 Å². The molecule has 3 aromatic rings. The lowest BCUT2D eigenvalue weighted by atomic mass is 9.98. The first kappa shape index (κ1) is 24.6. The van der Waals surface area contributed by atoms with Crippen molar-refractivity contribution in [1.82, 2.24) is 4.98 Å². The number of carboxylic acids is 1. The summed E-state index contributed by atoms with van der Waals surface area (Å²) in [7, 11) is 0. The predicted molar refractivity (Wildman–Crippen MR) is 122 cm³/mol. The van der Waals surface area contributed by atoms with E-state index in [2.05, 4.69) is 9.72 Å². The number of nitrogens with two attached hydrogens (primary N) is 1. The van der Waals surface area contributed by atoms with E-state index in [1.54, 1.807) is 31.5 Å². The molecule has 0 bridgehead atoms. The maximum absolute atomic E-state index is 10.9. The van der Waals surface area contributed by atoms with Gasteiger partial charge in [0.15, 0.2) is 0 Å². The SMILES string of the molecule is CC(OC(N)=O)C(O)CCc1cccnc1.Cc1ccc(C(=O)O)cc1-c1ccccc1. The van der Waals surface area contributed by atoms with Gasteiger partial charge in [-0.1, -0.05) is 42.5 Å². The molecule has 1 amide bonds. The molecule has 0 radical (unpaired) electrons. The van der Waals surface area contributed by atoms with Gasteiger partial charge in [-0.3, -0.25) is 4.98 Å². The number of rotatable bonds is 7. The van der Waals surface area contributed by atoms with Gasteiger partial charge in [0.2, 0.25) is 0 Å². The number of hydrogen-bond acceptors (Lipinski definition) is 5. The second-order valence-corrected chi connectivity index (χ2v) is 7.31. The zero-order valence-electron chi connectivity index (χ0n) is 18.1. The topological polar surface area (TPSA) is 123 Å². The Balaban J connectivity index is 0.000000227. The number of aromatic nitrogens is 1. The molecule has 1 aromatic heterocycles. The number of ether oxygens (including phenoxy) is 1. The molecule has 2 aromatic carbocycles. The van der Waals surface area contributed by atoms with Crippen molar-refractivity contribution in [1.29, 1.82) is 0 Å². The Hall–Kier alpha value is -3.71. The van der Waals surface area contributed by atoms with Crippen LogP contribution in [0.2, 0.25) is 0 Å². The van der Waals surface area contributed by atoms with Gasteiger partial charge < -0.3 is 20.7 Å². The van der Waals surface area contributed by atoms with Crippen LogP contribution in [0.3, 0.4) is 0 Å². The molecule has 0 spiro atoms. The van der Waals surface area contributed by atoms with Gasteiger partial charge in [0.25, 0.3) is 0 Å². The molecule has 0 aliphatic carbocycles. The molecule has 32 heavy (non-hydrogen) atoms. The van der Waals surface area contributed by atoms with Gasteiger partial charge in [0, 0.05) is 12.4 Å². The average molecular weight is 437 g/mol. The van der Waals surface area contributed by atoms with Crippen molar-refractivity contribution in [3.63, 3.8) is 0 Å². The van der Waals surface area contributed by atoms with Crippen LogP contribution in [0.15, 0.2) is 73.1 Å². The highest BCUT2D eigenvalue weighted by Crippen LogP contribution is 2.24. The van der Waals surface area contributed by atoms with Gasteiger partial charge in [-0.15, -0.1) is 0 Å². The van der Waals surface area contributed by atoms with E-state index in [9.17, 15) is 14.7 Å². The first-order chi connectivity index (χ1) is 15.3. The maximum atomic E-state index is 10.9. The van der Waals surface area contributed by atoms with Gasteiger partial charge in [-0.05, 0) is 67.1 Å². The minimum atomic E-state index is -0.891. The lowest BCUT2D eigenvalue weighted by Crippen LogP contribution is -2.31. The molecule has 0 aliphatic heterocycles. The molecule has 2 atom stereocenters. The number of aliphatic hydroxyl groups is 1. The summed E-state index contributed by atoms with van der Waals surface area (Å²) in [6, 6.07) is 18.7. The summed E-state index contributed by atoms with van der Waals surface area (Å²) in [6.07, 6.45) is 2.45. The lowest BCUT2D eigenvalue weighted by Gasteiger charge is -2.17. The maximum Gasteiger partial charge on any atom is 0.404 e. The highest BCUT2D eigenvalue weighted by atomic mass is 16.6. The molecule has 4 N–H and O–H groups in total. The van der Waals surface area contributed by atoms with Crippen molar-refractivity contribution >= 4 is 12.1 Å². The number of carbonyl (C=O) groups is 2. The van der Waals surface area contributed by atoms with Gasteiger partial charge in [0.05, 0.1) is 11.7 Å². The molecule has 0 fully saturated rings. The number of benzene rings is 2. The second kappa shape index (κ2) is 12.2. The molecule has 7 nitrogen and oxygen atoms in total. The van der Waals surface area contributed by atoms with Crippen LogP contribution in [-0.4, -0.2) is 39.5 Å². The lowest BCUT2D eigenvalue weighted by molar-refractivity contribution is 0.0128. The smallest absolute Gasteiger partial charge is 0.404 e. The Bertz CT molecular complexity index is 1010. The van der Waals surface area contributed by atoms with Crippen LogP contribution in [0.1, 0.15) is 34.8 Å². The summed E-state index contributed by atoms with van der Waals surface area (Å²) >= 11 is 0. The third-order valence-electron chi connectivity index (χ3n) is 4.86. The number of pyridine rings is 1. The summed E-state index contributed by atoms with van der Waals surface area (Å²) in [5, 5.41) is 18.6. The van der Waals surface area contributed by atoms with Crippen LogP contribution >= 0.6 is 0 Å². The van der Waals surface area contributed by atoms with E-state index in [1.807, 2.05) is 55.5 Å². The van der Waals surface area contributed by atoms with Crippen molar-refractivity contribution in [3.05, 3.63) is 89.7 Å². The molecule has 1 heterocycles. The molecular formula is C25H28N2O5. The average Bonchev–Trinajstić information content (AvgIpc) is 2.79. The van der Waals surface area contributed by atoms with Crippen molar-refractivity contribution in [2.75, 3.05) is 0 Å². The number of aromatic carboxylic acids is 1. The summed E-state index contributed by atoms with van der Waals surface area (Å²) in [6.45, 7) is 3.59. The van der Waals surface area contributed by atoms with Crippen LogP contribution in [-0.2, 0) is 11.2 Å². The predicted octanol–water partition coefficient (Wildman–Crippen LogP) is 4.22. The van der Waals surface area contributed by atoms with Gasteiger partial charge in [-0.25, -0.2) is 9.59 Å². The molecular weight excluding hydrogens is 408 g/mol. The number of primary amides is 1. The standard InChI is InChI=1S/C14H12O2.C11H16N2O3/c1-10-7-8-12(14(15)16)9-13(10)11-5-3-2-4-6-11;1-8(16-11(12)15)10(14)5-4-9-3-2-6-13-7-9/h2-9H,1H3,(H,15,16);2-3,6-8,10,14H,4-5H2,1H3,(H2,12,15). The molecule has 0 saturated heterocycles. The molecule has 0 saturated carbocycles. The summed E-state index contributed by atoms with van der Waals surface area (Å²) < 4.78 is 4.67. The first-order valence-corrected chi connectivity index (χ1v) is 10.2. The minimum absolute atomic E-state index is 0.324. The number of aliphatic hydroxyl groups excluding tert-OH is 1. The number of nitrogens with zero attached hydrogens (tertiary/aromatic N) is 1. The van der Waals surface area contributed by atoms with Crippen molar-refractivity contribution in [2.24, 2.45) is 5.73 Å². The Morgan fingerprint density at radius 1 is 1.09 bits per heavy atom. The molecule has 2 unspecified atom stereocenters. The van der Waals surface area contributed by atoms with Crippen LogP contribution in [0.4, 0.5) is 4.79 Å². The zero-order chi connectivity index (χ0) is 23.5. The quantitative estimate of drug-likeness (QED) is 0.510.